The van der Waals surface area contributed by atoms with Gasteiger partial charge < -0.3 is 14.2 Å². The highest BCUT2D eigenvalue weighted by Crippen LogP contribution is 2.27. The number of methoxy groups -OCH3 is 3. The molecule has 0 fully saturated rings. The van der Waals surface area contributed by atoms with Gasteiger partial charge in [0, 0.05) is 7.11 Å². The molecule has 18 heavy (non-hydrogen) atoms. The Morgan fingerprint density at radius 2 is 1.89 bits per heavy atom. The number of hydrogen-bond acceptors (Lipinski definition) is 5. The average Bonchev–Trinajstić information content (AvgIpc) is 2.43. The van der Waals surface area contributed by atoms with Crippen LogP contribution in [-0.4, -0.2) is 27.6 Å². The molecule has 0 N–H and O–H groups in total. The maximum Gasteiger partial charge on any atom is 0.209 e. The lowest BCUT2D eigenvalue weighted by molar-refractivity contribution is -0.367. The fourth-order valence-electron chi connectivity index (χ4n) is 1.31. The smallest absolute Gasteiger partial charge is 0.209 e. The standard InChI is InChI=1S/C13H18O5/c1-5-13(16-4)18-17-9-10-6-7-11(14-2)12(8-10)15-3/h5-8,13H,1,9H2,2-4H3. The molecule has 0 aromatic heterocycles. The third-order valence-corrected chi connectivity index (χ3v) is 2.26. The van der Waals surface area contributed by atoms with Gasteiger partial charge in [0.2, 0.25) is 6.29 Å². The van der Waals surface area contributed by atoms with Crippen LogP contribution in [0.4, 0.5) is 0 Å². The van der Waals surface area contributed by atoms with E-state index in [9.17, 15) is 0 Å². The van der Waals surface area contributed by atoms with Crippen molar-refractivity contribution in [2.75, 3.05) is 21.3 Å². The fourth-order valence-corrected chi connectivity index (χ4v) is 1.31. The van der Waals surface area contributed by atoms with E-state index in [1.165, 1.54) is 13.2 Å². The van der Waals surface area contributed by atoms with Crippen molar-refractivity contribution in [1.29, 1.82) is 0 Å². The molecule has 0 saturated heterocycles. The lowest BCUT2D eigenvalue weighted by Gasteiger charge is -2.12. The van der Waals surface area contributed by atoms with Gasteiger partial charge in [-0.05, 0) is 23.8 Å². The maximum atomic E-state index is 5.18. The normalized spacial score (nSPS) is 11.9. The molecule has 1 aromatic rings. The summed E-state index contributed by atoms with van der Waals surface area (Å²) in [4.78, 5) is 10.0. The SMILES string of the molecule is C=CC(OC)OOCc1ccc(OC)c(OC)c1. The molecular weight excluding hydrogens is 236 g/mol. The summed E-state index contributed by atoms with van der Waals surface area (Å²) in [5.41, 5.74) is 0.895. The zero-order chi connectivity index (χ0) is 13.4. The summed E-state index contributed by atoms with van der Waals surface area (Å²) >= 11 is 0. The number of benzene rings is 1. The quantitative estimate of drug-likeness (QED) is 0.308. The highest BCUT2D eigenvalue weighted by Gasteiger charge is 2.06. The van der Waals surface area contributed by atoms with Crippen molar-refractivity contribution < 1.29 is 24.0 Å². The van der Waals surface area contributed by atoms with Crippen molar-refractivity contribution in [2.24, 2.45) is 0 Å². The molecule has 1 atom stereocenters. The summed E-state index contributed by atoms with van der Waals surface area (Å²) < 4.78 is 15.2. The number of rotatable bonds is 8. The monoisotopic (exact) mass is 254 g/mol. The van der Waals surface area contributed by atoms with Crippen molar-refractivity contribution in [2.45, 2.75) is 12.9 Å². The van der Waals surface area contributed by atoms with E-state index in [4.69, 9.17) is 24.0 Å². The van der Waals surface area contributed by atoms with Crippen molar-refractivity contribution in [1.82, 2.24) is 0 Å². The lowest BCUT2D eigenvalue weighted by Crippen LogP contribution is -2.12. The molecule has 0 aliphatic carbocycles. The zero-order valence-electron chi connectivity index (χ0n) is 10.8. The minimum Gasteiger partial charge on any atom is -0.493 e. The summed E-state index contributed by atoms with van der Waals surface area (Å²) in [5.74, 6) is 1.31. The Bertz CT molecular complexity index is 378. The third-order valence-electron chi connectivity index (χ3n) is 2.26. The highest BCUT2D eigenvalue weighted by atomic mass is 17.2. The van der Waals surface area contributed by atoms with Crippen LogP contribution < -0.4 is 9.47 Å². The van der Waals surface area contributed by atoms with E-state index >= 15 is 0 Å². The van der Waals surface area contributed by atoms with Gasteiger partial charge in [-0.1, -0.05) is 12.6 Å². The molecule has 100 valence electrons. The summed E-state index contributed by atoms with van der Waals surface area (Å²) in [6.07, 6.45) is 0.916. The summed E-state index contributed by atoms with van der Waals surface area (Å²) in [6.45, 7) is 3.81. The molecule has 0 amide bonds. The molecule has 0 aliphatic rings. The Labute approximate surface area is 107 Å². The van der Waals surface area contributed by atoms with Crippen LogP contribution in [0.3, 0.4) is 0 Å². The summed E-state index contributed by atoms with van der Waals surface area (Å²) in [5, 5.41) is 0. The van der Waals surface area contributed by atoms with Gasteiger partial charge >= 0.3 is 0 Å². The maximum absolute atomic E-state index is 5.18. The lowest BCUT2D eigenvalue weighted by atomic mass is 10.2. The van der Waals surface area contributed by atoms with E-state index in [2.05, 4.69) is 6.58 Å². The molecule has 0 bridgehead atoms. The number of hydrogen-bond donors (Lipinski definition) is 0. The van der Waals surface area contributed by atoms with Gasteiger partial charge in [0.05, 0.1) is 14.2 Å². The van der Waals surface area contributed by atoms with Crippen molar-refractivity contribution in [3.63, 3.8) is 0 Å². The van der Waals surface area contributed by atoms with Gasteiger partial charge in [0.1, 0.15) is 6.61 Å². The first-order valence-corrected chi connectivity index (χ1v) is 5.39. The van der Waals surface area contributed by atoms with Gasteiger partial charge in [0.25, 0.3) is 0 Å². The van der Waals surface area contributed by atoms with E-state index in [1.807, 2.05) is 12.1 Å². The molecule has 0 aliphatic heterocycles. The minimum absolute atomic E-state index is 0.272. The molecule has 5 nitrogen and oxygen atoms in total. The van der Waals surface area contributed by atoms with Crippen LogP contribution in [-0.2, 0) is 21.1 Å². The molecule has 0 heterocycles. The molecule has 5 heteroatoms. The molecule has 1 rings (SSSR count). The molecule has 0 spiro atoms. The van der Waals surface area contributed by atoms with Gasteiger partial charge in [-0.15, -0.1) is 0 Å². The third kappa shape index (κ3) is 4.03. The van der Waals surface area contributed by atoms with Crippen LogP contribution in [0, 0.1) is 0 Å². The fraction of sp³-hybridized carbons (Fsp3) is 0.385. The largest absolute Gasteiger partial charge is 0.493 e. The van der Waals surface area contributed by atoms with E-state index in [0.717, 1.165) is 5.56 Å². The van der Waals surface area contributed by atoms with Crippen molar-refractivity contribution in [3.8, 4) is 11.5 Å². The van der Waals surface area contributed by atoms with Gasteiger partial charge in [0.15, 0.2) is 11.5 Å². The van der Waals surface area contributed by atoms with E-state index in [-0.39, 0.29) is 6.61 Å². The predicted molar refractivity (Wildman–Crippen MR) is 66.4 cm³/mol. The Morgan fingerprint density at radius 3 is 2.44 bits per heavy atom. The zero-order valence-corrected chi connectivity index (χ0v) is 10.8. The first kappa shape index (κ1) is 14.5. The van der Waals surface area contributed by atoms with Gasteiger partial charge in [-0.3, -0.25) is 0 Å². The van der Waals surface area contributed by atoms with Crippen LogP contribution in [0.2, 0.25) is 0 Å². The Kier molecular flexibility index (Phi) is 6.21. The van der Waals surface area contributed by atoms with Gasteiger partial charge in [-0.2, -0.15) is 4.89 Å². The predicted octanol–water partition coefficient (Wildman–Crippen LogP) is 2.31. The van der Waals surface area contributed by atoms with Crippen molar-refractivity contribution >= 4 is 0 Å². The topological polar surface area (TPSA) is 46.2 Å². The van der Waals surface area contributed by atoms with E-state index < -0.39 is 6.29 Å². The second-order valence-corrected chi connectivity index (χ2v) is 3.39. The Balaban J connectivity index is 2.55. The van der Waals surface area contributed by atoms with Crippen LogP contribution >= 0.6 is 0 Å². The van der Waals surface area contributed by atoms with E-state index in [1.54, 1.807) is 20.3 Å². The number of ether oxygens (including phenoxy) is 3. The van der Waals surface area contributed by atoms with E-state index in [0.29, 0.717) is 11.5 Å². The van der Waals surface area contributed by atoms with Crippen LogP contribution in [0.1, 0.15) is 5.56 Å². The average molecular weight is 254 g/mol. The second kappa shape index (κ2) is 7.71. The molecule has 1 unspecified atom stereocenters. The summed E-state index contributed by atoms with van der Waals surface area (Å²) in [6, 6.07) is 5.48. The van der Waals surface area contributed by atoms with Gasteiger partial charge in [-0.25, -0.2) is 4.89 Å². The first-order valence-electron chi connectivity index (χ1n) is 5.39. The minimum atomic E-state index is -0.579. The molecule has 0 radical (unpaired) electrons. The van der Waals surface area contributed by atoms with Crippen LogP contribution in [0.5, 0.6) is 11.5 Å². The first-order chi connectivity index (χ1) is 8.74. The van der Waals surface area contributed by atoms with Crippen LogP contribution in [0.15, 0.2) is 30.9 Å². The summed E-state index contributed by atoms with van der Waals surface area (Å²) in [7, 11) is 4.67. The Hall–Kier alpha value is -1.56. The molecular formula is C13H18O5. The second-order valence-electron chi connectivity index (χ2n) is 3.39. The molecule has 1 aromatic carbocycles. The molecule has 0 saturated carbocycles. The Morgan fingerprint density at radius 1 is 1.17 bits per heavy atom. The van der Waals surface area contributed by atoms with Crippen LogP contribution in [0.25, 0.3) is 0 Å². The van der Waals surface area contributed by atoms with Crippen molar-refractivity contribution in [3.05, 3.63) is 36.4 Å². The highest BCUT2D eigenvalue weighted by molar-refractivity contribution is 5.42.